The van der Waals surface area contributed by atoms with Crippen LogP contribution in [-0.4, -0.2) is 21.2 Å². The molecule has 0 aromatic carbocycles. The van der Waals surface area contributed by atoms with Crippen LogP contribution in [0.3, 0.4) is 0 Å². The van der Waals surface area contributed by atoms with Crippen LogP contribution in [-0.2, 0) is 12.8 Å². The van der Waals surface area contributed by atoms with Gasteiger partial charge in [-0.15, -0.1) is 0 Å². The van der Waals surface area contributed by atoms with E-state index in [9.17, 15) is 5.11 Å². The molecule has 2 aromatic heterocycles. The van der Waals surface area contributed by atoms with Gasteiger partial charge in [-0.2, -0.15) is 0 Å². The third kappa shape index (κ3) is 5.49. The van der Waals surface area contributed by atoms with Gasteiger partial charge in [0.1, 0.15) is 0 Å². The molecule has 2 rings (SSSR count). The molecule has 1 N–H and O–H groups in total. The highest BCUT2D eigenvalue weighted by Gasteiger charge is 2.05. The van der Waals surface area contributed by atoms with Crippen LogP contribution in [0.2, 0.25) is 0 Å². The first-order valence-electron chi connectivity index (χ1n) is 7.32. The Morgan fingerprint density at radius 3 is 1.70 bits per heavy atom. The summed E-state index contributed by atoms with van der Waals surface area (Å²) in [5.74, 6) is 0. The van der Waals surface area contributed by atoms with Crippen LogP contribution in [0.25, 0.3) is 0 Å². The van der Waals surface area contributed by atoms with Gasteiger partial charge in [0.25, 0.3) is 0 Å². The van der Waals surface area contributed by atoms with Crippen molar-refractivity contribution in [3.8, 4) is 0 Å². The maximum atomic E-state index is 9.96. The highest BCUT2D eigenvalue weighted by atomic mass is 16.3. The monoisotopic (exact) mass is 270 g/mol. The topological polar surface area (TPSA) is 46.0 Å². The first-order valence-corrected chi connectivity index (χ1v) is 7.32. The second-order valence-corrected chi connectivity index (χ2v) is 5.08. The fourth-order valence-corrected chi connectivity index (χ4v) is 2.27. The number of nitrogens with zero attached hydrogens (tertiary/aromatic N) is 2. The molecule has 0 aliphatic rings. The summed E-state index contributed by atoms with van der Waals surface area (Å²) in [6, 6.07) is 11.9. The quantitative estimate of drug-likeness (QED) is 0.801. The molecule has 3 heteroatoms. The Kier molecular flexibility index (Phi) is 6.18. The van der Waals surface area contributed by atoms with E-state index in [0.717, 1.165) is 49.9 Å². The molecule has 0 saturated heterocycles. The lowest BCUT2D eigenvalue weighted by molar-refractivity contribution is 0.149. The zero-order valence-electron chi connectivity index (χ0n) is 11.8. The summed E-state index contributed by atoms with van der Waals surface area (Å²) < 4.78 is 0. The van der Waals surface area contributed by atoms with Crippen LogP contribution < -0.4 is 0 Å². The van der Waals surface area contributed by atoms with Crippen molar-refractivity contribution < 1.29 is 5.11 Å². The summed E-state index contributed by atoms with van der Waals surface area (Å²) in [5.41, 5.74) is 2.21. The van der Waals surface area contributed by atoms with Crippen molar-refractivity contribution in [1.82, 2.24) is 9.97 Å². The molecule has 0 aliphatic heterocycles. The molecule has 0 radical (unpaired) electrons. The fraction of sp³-hybridized carbons (Fsp3) is 0.412. The minimum atomic E-state index is -0.206. The molecular formula is C17H22N2O. The molecule has 0 atom stereocenters. The number of hydrogen-bond acceptors (Lipinski definition) is 3. The fourth-order valence-electron chi connectivity index (χ4n) is 2.27. The first-order chi connectivity index (χ1) is 9.84. The summed E-state index contributed by atoms with van der Waals surface area (Å²) >= 11 is 0. The molecule has 0 spiro atoms. The molecule has 106 valence electrons. The van der Waals surface area contributed by atoms with Crippen LogP contribution in [0.5, 0.6) is 0 Å². The van der Waals surface area contributed by atoms with E-state index in [-0.39, 0.29) is 6.10 Å². The Bertz CT molecular complexity index is 427. The van der Waals surface area contributed by atoms with Gasteiger partial charge in [-0.05, 0) is 62.8 Å². The number of pyridine rings is 2. The van der Waals surface area contributed by atoms with Crippen LogP contribution in [0.15, 0.2) is 48.8 Å². The van der Waals surface area contributed by atoms with Gasteiger partial charge in [0, 0.05) is 23.8 Å². The number of aromatic nitrogens is 2. The molecule has 3 nitrogen and oxygen atoms in total. The van der Waals surface area contributed by atoms with Gasteiger partial charge in [0.2, 0.25) is 0 Å². The average Bonchev–Trinajstić information content (AvgIpc) is 2.49. The Hall–Kier alpha value is -1.74. The molecule has 20 heavy (non-hydrogen) atoms. The normalized spacial score (nSPS) is 10.9. The van der Waals surface area contributed by atoms with E-state index in [1.54, 1.807) is 0 Å². The summed E-state index contributed by atoms with van der Waals surface area (Å²) in [5, 5.41) is 9.96. The number of aliphatic hydroxyl groups is 1. The zero-order chi connectivity index (χ0) is 14.0. The van der Waals surface area contributed by atoms with E-state index in [1.807, 2.05) is 48.8 Å². The van der Waals surface area contributed by atoms with Crippen molar-refractivity contribution in [2.75, 3.05) is 0 Å². The minimum absolute atomic E-state index is 0.206. The van der Waals surface area contributed by atoms with Crippen molar-refractivity contribution in [2.45, 2.75) is 44.6 Å². The molecule has 0 fully saturated rings. The van der Waals surface area contributed by atoms with Crippen molar-refractivity contribution in [3.05, 3.63) is 60.2 Å². The largest absolute Gasteiger partial charge is 0.393 e. The molecule has 2 aromatic rings. The van der Waals surface area contributed by atoms with Crippen molar-refractivity contribution >= 4 is 0 Å². The third-order valence-electron chi connectivity index (χ3n) is 3.39. The van der Waals surface area contributed by atoms with Gasteiger partial charge in [-0.25, -0.2) is 0 Å². The Morgan fingerprint density at radius 2 is 1.30 bits per heavy atom. The SMILES string of the molecule is OC(CCCc1ccccn1)CCCc1ccccn1. The Labute approximate surface area is 120 Å². The molecule has 0 unspecified atom stereocenters. The van der Waals surface area contributed by atoms with Crippen LogP contribution in [0.1, 0.15) is 37.1 Å². The predicted molar refractivity (Wildman–Crippen MR) is 80.4 cm³/mol. The lowest BCUT2D eigenvalue weighted by Gasteiger charge is -2.10. The van der Waals surface area contributed by atoms with E-state index in [2.05, 4.69) is 9.97 Å². The van der Waals surface area contributed by atoms with E-state index in [4.69, 9.17) is 0 Å². The number of rotatable bonds is 8. The summed E-state index contributed by atoms with van der Waals surface area (Å²) in [7, 11) is 0. The lowest BCUT2D eigenvalue weighted by Crippen LogP contribution is -2.07. The second-order valence-electron chi connectivity index (χ2n) is 5.08. The minimum Gasteiger partial charge on any atom is -0.393 e. The van der Waals surface area contributed by atoms with E-state index < -0.39 is 0 Å². The highest BCUT2D eigenvalue weighted by molar-refractivity contribution is 5.04. The molecular weight excluding hydrogens is 248 g/mol. The number of aliphatic hydroxyl groups excluding tert-OH is 1. The maximum absolute atomic E-state index is 9.96. The van der Waals surface area contributed by atoms with Crippen LogP contribution in [0, 0.1) is 0 Å². The number of aryl methyl sites for hydroxylation is 2. The molecule has 0 saturated carbocycles. The second kappa shape index (κ2) is 8.43. The molecule has 2 heterocycles. The van der Waals surface area contributed by atoms with Gasteiger partial charge in [0.05, 0.1) is 6.10 Å². The van der Waals surface area contributed by atoms with Gasteiger partial charge in [-0.1, -0.05) is 12.1 Å². The van der Waals surface area contributed by atoms with Gasteiger partial charge >= 0.3 is 0 Å². The smallest absolute Gasteiger partial charge is 0.0540 e. The summed E-state index contributed by atoms with van der Waals surface area (Å²) in [6.07, 6.45) is 8.98. The maximum Gasteiger partial charge on any atom is 0.0540 e. The predicted octanol–water partition coefficient (Wildman–Crippen LogP) is 3.18. The van der Waals surface area contributed by atoms with E-state index in [0.29, 0.717) is 0 Å². The van der Waals surface area contributed by atoms with Gasteiger partial charge in [0.15, 0.2) is 0 Å². The first kappa shape index (κ1) is 14.7. The van der Waals surface area contributed by atoms with Crippen LogP contribution >= 0.6 is 0 Å². The number of hydrogen-bond donors (Lipinski definition) is 1. The van der Waals surface area contributed by atoms with E-state index in [1.165, 1.54) is 0 Å². The average molecular weight is 270 g/mol. The van der Waals surface area contributed by atoms with Crippen molar-refractivity contribution in [1.29, 1.82) is 0 Å². The van der Waals surface area contributed by atoms with Crippen LogP contribution in [0.4, 0.5) is 0 Å². The van der Waals surface area contributed by atoms with E-state index >= 15 is 0 Å². The lowest BCUT2D eigenvalue weighted by atomic mass is 10.0. The molecule has 0 bridgehead atoms. The summed E-state index contributed by atoms with van der Waals surface area (Å²) in [6.45, 7) is 0. The van der Waals surface area contributed by atoms with Crippen molar-refractivity contribution in [2.24, 2.45) is 0 Å². The standard InChI is InChI=1S/C17H22N2O/c20-17(11-5-9-15-7-1-3-13-18-15)12-6-10-16-8-2-4-14-19-16/h1-4,7-8,13-14,17,20H,5-6,9-12H2. The molecule has 0 amide bonds. The molecule has 0 aliphatic carbocycles. The highest BCUT2D eigenvalue weighted by Crippen LogP contribution is 2.10. The van der Waals surface area contributed by atoms with Crippen molar-refractivity contribution in [3.63, 3.8) is 0 Å². The van der Waals surface area contributed by atoms with Gasteiger partial charge in [-0.3, -0.25) is 9.97 Å². The Balaban J connectivity index is 1.58. The summed E-state index contributed by atoms with van der Waals surface area (Å²) in [4.78, 5) is 8.58. The third-order valence-corrected chi connectivity index (χ3v) is 3.39. The van der Waals surface area contributed by atoms with Gasteiger partial charge < -0.3 is 5.11 Å². The Morgan fingerprint density at radius 1 is 0.800 bits per heavy atom. The zero-order valence-corrected chi connectivity index (χ0v) is 11.8.